The molecule has 0 aliphatic rings. The van der Waals surface area contributed by atoms with Crippen LogP contribution in [0.2, 0.25) is 0 Å². The highest BCUT2D eigenvalue weighted by Gasteiger charge is 2.06. The number of hydrogen-bond acceptors (Lipinski definition) is 3. The quantitative estimate of drug-likeness (QED) is 0.738. The van der Waals surface area contributed by atoms with E-state index in [0.717, 1.165) is 11.0 Å². The molecule has 0 atom stereocenters. The minimum Gasteiger partial charge on any atom is -0.369 e. The number of nitrogens with zero attached hydrogens (tertiary/aromatic N) is 2. The van der Waals surface area contributed by atoms with Gasteiger partial charge in [-0.2, -0.15) is 0 Å². The maximum Gasteiger partial charge on any atom is 0.201 e. The highest BCUT2D eigenvalue weighted by atomic mass is 15.2. The molecule has 0 fully saturated rings. The van der Waals surface area contributed by atoms with E-state index in [1.807, 2.05) is 16.7 Å². The molecule has 0 spiro atoms. The number of imidazole rings is 1. The molecular formula is C10H14N4. The molecule has 1 aromatic heterocycles. The first-order chi connectivity index (χ1) is 6.72. The highest BCUT2D eigenvalue weighted by molar-refractivity contribution is 5.79. The van der Waals surface area contributed by atoms with Crippen molar-refractivity contribution in [2.75, 3.05) is 12.3 Å². The number of hydrogen-bond donors (Lipinski definition) is 2. The number of aromatic nitrogens is 2. The van der Waals surface area contributed by atoms with Crippen LogP contribution in [-0.4, -0.2) is 16.1 Å². The molecule has 1 heterocycles. The first-order valence-electron chi connectivity index (χ1n) is 4.65. The Labute approximate surface area is 82.5 Å². The van der Waals surface area contributed by atoms with Crippen LogP contribution in [0.1, 0.15) is 5.56 Å². The Balaban J connectivity index is 2.66. The topological polar surface area (TPSA) is 69.9 Å². The Morgan fingerprint density at radius 1 is 1.43 bits per heavy atom. The summed E-state index contributed by atoms with van der Waals surface area (Å²) < 4.78 is 1.95. The van der Waals surface area contributed by atoms with E-state index >= 15 is 0 Å². The van der Waals surface area contributed by atoms with Crippen LogP contribution in [0.25, 0.3) is 11.0 Å². The van der Waals surface area contributed by atoms with Gasteiger partial charge >= 0.3 is 0 Å². The molecule has 0 bridgehead atoms. The van der Waals surface area contributed by atoms with Gasteiger partial charge in [0.25, 0.3) is 0 Å². The SMILES string of the molecule is Cc1ccc2nc(N)n(CCN)c2c1. The van der Waals surface area contributed by atoms with Crippen LogP contribution in [0.4, 0.5) is 5.95 Å². The molecule has 1 aromatic carbocycles. The maximum absolute atomic E-state index is 5.79. The predicted octanol–water partition coefficient (Wildman–Crippen LogP) is 0.886. The van der Waals surface area contributed by atoms with E-state index in [1.54, 1.807) is 0 Å². The van der Waals surface area contributed by atoms with E-state index in [4.69, 9.17) is 11.5 Å². The fourth-order valence-corrected chi connectivity index (χ4v) is 1.62. The van der Waals surface area contributed by atoms with E-state index in [0.29, 0.717) is 19.0 Å². The van der Waals surface area contributed by atoms with E-state index in [-0.39, 0.29) is 0 Å². The molecule has 0 saturated heterocycles. The smallest absolute Gasteiger partial charge is 0.201 e. The fraction of sp³-hybridized carbons (Fsp3) is 0.300. The zero-order valence-electron chi connectivity index (χ0n) is 8.20. The average Bonchev–Trinajstić information content (AvgIpc) is 2.45. The minimum atomic E-state index is 0.538. The zero-order chi connectivity index (χ0) is 10.1. The van der Waals surface area contributed by atoms with Crippen molar-refractivity contribution < 1.29 is 0 Å². The number of aryl methyl sites for hydroxylation is 1. The molecule has 0 radical (unpaired) electrons. The monoisotopic (exact) mass is 190 g/mol. The summed E-state index contributed by atoms with van der Waals surface area (Å²) in [5.74, 6) is 0.538. The highest BCUT2D eigenvalue weighted by Crippen LogP contribution is 2.18. The molecule has 74 valence electrons. The Bertz CT molecular complexity index is 458. The lowest BCUT2D eigenvalue weighted by molar-refractivity contribution is 0.738. The fourth-order valence-electron chi connectivity index (χ4n) is 1.62. The van der Waals surface area contributed by atoms with Crippen molar-refractivity contribution in [2.24, 2.45) is 5.73 Å². The van der Waals surface area contributed by atoms with Crippen LogP contribution >= 0.6 is 0 Å². The van der Waals surface area contributed by atoms with Crippen LogP contribution in [0, 0.1) is 6.92 Å². The summed E-state index contributed by atoms with van der Waals surface area (Å²) in [6.07, 6.45) is 0. The lowest BCUT2D eigenvalue weighted by atomic mass is 10.2. The Morgan fingerprint density at radius 2 is 2.21 bits per heavy atom. The molecule has 4 heteroatoms. The number of rotatable bonds is 2. The predicted molar refractivity (Wildman–Crippen MR) is 57.9 cm³/mol. The molecule has 2 aromatic rings. The third-order valence-corrected chi connectivity index (χ3v) is 2.29. The maximum atomic E-state index is 5.79. The van der Waals surface area contributed by atoms with Crippen molar-refractivity contribution in [1.82, 2.24) is 9.55 Å². The second-order valence-electron chi connectivity index (χ2n) is 3.40. The van der Waals surface area contributed by atoms with Crippen molar-refractivity contribution in [1.29, 1.82) is 0 Å². The Hall–Kier alpha value is -1.55. The van der Waals surface area contributed by atoms with Gasteiger partial charge in [-0.1, -0.05) is 6.07 Å². The van der Waals surface area contributed by atoms with Gasteiger partial charge in [0.15, 0.2) is 0 Å². The van der Waals surface area contributed by atoms with E-state index in [2.05, 4.69) is 18.0 Å². The van der Waals surface area contributed by atoms with Gasteiger partial charge in [0.2, 0.25) is 5.95 Å². The summed E-state index contributed by atoms with van der Waals surface area (Å²) in [5, 5.41) is 0. The van der Waals surface area contributed by atoms with Crippen LogP contribution in [0.15, 0.2) is 18.2 Å². The van der Waals surface area contributed by atoms with E-state index < -0.39 is 0 Å². The molecule has 2 rings (SSSR count). The number of nitrogens with two attached hydrogens (primary N) is 2. The Kier molecular flexibility index (Phi) is 2.13. The summed E-state index contributed by atoms with van der Waals surface area (Å²) >= 11 is 0. The van der Waals surface area contributed by atoms with Crippen molar-refractivity contribution in [3.63, 3.8) is 0 Å². The van der Waals surface area contributed by atoms with Crippen molar-refractivity contribution in [2.45, 2.75) is 13.5 Å². The summed E-state index contributed by atoms with van der Waals surface area (Å²) in [5.41, 5.74) is 14.5. The normalized spacial score (nSPS) is 11.0. The van der Waals surface area contributed by atoms with Gasteiger partial charge in [-0.05, 0) is 24.6 Å². The molecule has 14 heavy (non-hydrogen) atoms. The lowest BCUT2D eigenvalue weighted by Crippen LogP contribution is -2.11. The van der Waals surface area contributed by atoms with Gasteiger partial charge < -0.3 is 16.0 Å². The second-order valence-corrected chi connectivity index (χ2v) is 3.40. The standard InChI is InChI=1S/C10H14N4/c1-7-2-3-8-9(6-7)14(5-4-11)10(12)13-8/h2-3,6H,4-5,11H2,1H3,(H2,12,13). The van der Waals surface area contributed by atoms with Gasteiger partial charge in [0.1, 0.15) is 0 Å². The summed E-state index contributed by atoms with van der Waals surface area (Å²) in [6, 6.07) is 6.09. The van der Waals surface area contributed by atoms with Crippen molar-refractivity contribution in [3.8, 4) is 0 Å². The summed E-state index contributed by atoms with van der Waals surface area (Å²) in [6.45, 7) is 3.34. The van der Waals surface area contributed by atoms with Crippen molar-refractivity contribution in [3.05, 3.63) is 23.8 Å². The van der Waals surface area contributed by atoms with Gasteiger partial charge in [0, 0.05) is 13.1 Å². The molecule has 0 unspecified atom stereocenters. The first kappa shape index (κ1) is 9.02. The van der Waals surface area contributed by atoms with Gasteiger partial charge in [0.05, 0.1) is 11.0 Å². The first-order valence-corrected chi connectivity index (χ1v) is 4.65. The summed E-state index contributed by atoms with van der Waals surface area (Å²) in [7, 11) is 0. The molecule has 4 nitrogen and oxygen atoms in total. The molecule has 0 saturated carbocycles. The van der Waals surface area contributed by atoms with Crippen LogP contribution in [-0.2, 0) is 6.54 Å². The van der Waals surface area contributed by atoms with Gasteiger partial charge in [-0.25, -0.2) is 4.98 Å². The molecule has 0 amide bonds. The molecule has 0 aliphatic heterocycles. The van der Waals surface area contributed by atoms with E-state index in [1.165, 1.54) is 5.56 Å². The second kappa shape index (κ2) is 3.31. The zero-order valence-corrected chi connectivity index (χ0v) is 8.20. The van der Waals surface area contributed by atoms with Crippen LogP contribution < -0.4 is 11.5 Å². The molecule has 0 aliphatic carbocycles. The summed E-state index contributed by atoms with van der Waals surface area (Å²) in [4.78, 5) is 4.26. The molecular weight excluding hydrogens is 176 g/mol. The lowest BCUT2D eigenvalue weighted by Gasteiger charge is -2.03. The number of benzene rings is 1. The number of nitrogen functional groups attached to an aromatic ring is 1. The Morgan fingerprint density at radius 3 is 2.93 bits per heavy atom. The third-order valence-electron chi connectivity index (χ3n) is 2.29. The van der Waals surface area contributed by atoms with Crippen LogP contribution in [0.5, 0.6) is 0 Å². The van der Waals surface area contributed by atoms with Crippen molar-refractivity contribution >= 4 is 17.0 Å². The largest absolute Gasteiger partial charge is 0.369 e. The molecule has 4 N–H and O–H groups in total. The minimum absolute atomic E-state index is 0.538. The average molecular weight is 190 g/mol. The number of fused-ring (bicyclic) bond motifs is 1. The number of anilines is 1. The van der Waals surface area contributed by atoms with Gasteiger partial charge in [-0.3, -0.25) is 0 Å². The van der Waals surface area contributed by atoms with Crippen LogP contribution in [0.3, 0.4) is 0 Å². The third kappa shape index (κ3) is 1.33. The van der Waals surface area contributed by atoms with Gasteiger partial charge in [-0.15, -0.1) is 0 Å². The van der Waals surface area contributed by atoms with E-state index in [9.17, 15) is 0 Å².